The van der Waals surface area contributed by atoms with Gasteiger partial charge in [0.25, 0.3) is 0 Å². The molecule has 1 aliphatic heterocycles. The normalized spacial score (nSPS) is 23.3. The van der Waals surface area contributed by atoms with Crippen LogP contribution in [0.4, 0.5) is 5.69 Å². The lowest BCUT2D eigenvalue weighted by Crippen LogP contribution is -2.42. The summed E-state index contributed by atoms with van der Waals surface area (Å²) in [5.41, 5.74) is 0.409. The maximum atomic E-state index is 13.1. The fourth-order valence-corrected chi connectivity index (χ4v) is 5.88. The summed E-state index contributed by atoms with van der Waals surface area (Å²) in [4.78, 5) is 14.4. The van der Waals surface area contributed by atoms with Crippen molar-refractivity contribution >= 4 is 21.6 Å². The molecule has 0 aromatic heterocycles. The van der Waals surface area contributed by atoms with E-state index in [1.165, 1.54) is 17.5 Å². The molecule has 1 aromatic rings. The minimum absolute atomic E-state index is 0.0216. The van der Waals surface area contributed by atoms with Gasteiger partial charge in [0.1, 0.15) is 10.6 Å². The van der Waals surface area contributed by atoms with E-state index in [0.717, 1.165) is 38.5 Å². The van der Waals surface area contributed by atoms with Crippen LogP contribution in [0, 0.1) is 0 Å². The van der Waals surface area contributed by atoms with Crippen LogP contribution in [0.3, 0.4) is 0 Å². The number of sulfonamides is 1. The Morgan fingerprint density at radius 3 is 2.59 bits per heavy atom. The summed E-state index contributed by atoms with van der Waals surface area (Å²) in [5, 5.41) is 12.8. The fourth-order valence-electron chi connectivity index (χ4n) is 4.18. The number of amides is 1. The Kier molecular flexibility index (Phi) is 7.15. The van der Waals surface area contributed by atoms with Crippen LogP contribution in [0.1, 0.15) is 38.5 Å². The van der Waals surface area contributed by atoms with Crippen molar-refractivity contribution in [2.75, 3.05) is 39.1 Å². The number of benzene rings is 1. The zero-order chi connectivity index (χ0) is 21.0. The van der Waals surface area contributed by atoms with Gasteiger partial charge in [-0.15, -0.1) is 0 Å². The molecule has 0 bridgehead atoms. The van der Waals surface area contributed by atoms with E-state index < -0.39 is 16.1 Å². The van der Waals surface area contributed by atoms with Crippen molar-refractivity contribution in [2.24, 2.45) is 0 Å². The quantitative estimate of drug-likeness (QED) is 0.689. The SMILES string of the molecule is COc1ccc(NC(=O)CN(C)[C@H]2CCC[C@@H]2O)cc1S(=O)(=O)N1CCCCC1. The third-order valence-corrected chi connectivity index (χ3v) is 7.70. The highest BCUT2D eigenvalue weighted by atomic mass is 32.2. The van der Waals surface area contributed by atoms with Crippen LogP contribution >= 0.6 is 0 Å². The van der Waals surface area contributed by atoms with Crippen molar-refractivity contribution in [1.29, 1.82) is 0 Å². The van der Waals surface area contributed by atoms with E-state index in [1.807, 2.05) is 11.9 Å². The summed E-state index contributed by atoms with van der Waals surface area (Å²) >= 11 is 0. The van der Waals surface area contributed by atoms with E-state index >= 15 is 0 Å². The molecule has 0 radical (unpaired) electrons. The lowest BCUT2D eigenvalue weighted by molar-refractivity contribution is -0.117. The van der Waals surface area contributed by atoms with Crippen molar-refractivity contribution in [1.82, 2.24) is 9.21 Å². The smallest absolute Gasteiger partial charge is 0.246 e. The van der Waals surface area contributed by atoms with E-state index in [2.05, 4.69) is 5.32 Å². The second-order valence-electron chi connectivity index (χ2n) is 7.86. The summed E-state index contributed by atoms with van der Waals surface area (Å²) in [6, 6.07) is 4.64. The number of ether oxygens (including phenoxy) is 1. The maximum Gasteiger partial charge on any atom is 0.246 e. The first kappa shape index (κ1) is 22.0. The molecule has 2 N–H and O–H groups in total. The van der Waals surface area contributed by atoms with Crippen LogP contribution in [0.5, 0.6) is 5.75 Å². The van der Waals surface area contributed by atoms with E-state index in [4.69, 9.17) is 4.74 Å². The highest BCUT2D eigenvalue weighted by Gasteiger charge is 2.31. The molecule has 1 saturated heterocycles. The molecule has 2 atom stereocenters. The largest absolute Gasteiger partial charge is 0.495 e. The standard InChI is InChI=1S/C20H31N3O5S/c1-22(16-7-6-8-17(16)24)14-20(25)21-15-9-10-18(28-2)19(13-15)29(26,27)23-11-4-3-5-12-23/h9-10,13,16-17,24H,3-8,11-12,14H2,1-2H3,(H,21,25)/t16-,17-/m0/s1. The Bertz CT molecular complexity index is 823. The van der Waals surface area contributed by atoms with Crippen LogP contribution in [0.2, 0.25) is 0 Å². The number of carbonyl (C=O) groups excluding carboxylic acids is 1. The Morgan fingerprint density at radius 1 is 1.24 bits per heavy atom. The molecule has 0 spiro atoms. The van der Waals surface area contributed by atoms with E-state index in [0.29, 0.717) is 18.8 Å². The van der Waals surface area contributed by atoms with Gasteiger partial charge in [-0.05, 0) is 57.4 Å². The van der Waals surface area contributed by atoms with E-state index in [9.17, 15) is 18.3 Å². The number of nitrogens with zero attached hydrogens (tertiary/aromatic N) is 2. The average Bonchev–Trinajstić information content (AvgIpc) is 3.14. The third-order valence-electron chi connectivity index (χ3n) is 5.78. The molecule has 1 heterocycles. The molecule has 9 heteroatoms. The molecular formula is C20H31N3O5S. The maximum absolute atomic E-state index is 13.1. The molecule has 1 aliphatic carbocycles. The van der Waals surface area contributed by atoms with Gasteiger partial charge >= 0.3 is 0 Å². The number of piperidine rings is 1. The van der Waals surface area contributed by atoms with Gasteiger partial charge < -0.3 is 15.2 Å². The molecular weight excluding hydrogens is 394 g/mol. The van der Waals surface area contributed by atoms with Gasteiger partial charge in [0, 0.05) is 24.8 Å². The second kappa shape index (κ2) is 9.42. The first-order chi connectivity index (χ1) is 13.8. The first-order valence-electron chi connectivity index (χ1n) is 10.2. The zero-order valence-electron chi connectivity index (χ0n) is 17.1. The predicted octanol–water partition coefficient (Wildman–Crippen LogP) is 1.65. The number of rotatable bonds is 7. The van der Waals surface area contributed by atoms with Gasteiger partial charge in [-0.1, -0.05) is 6.42 Å². The van der Waals surface area contributed by atoms with Gasteiger partial charge in [0.2, 0.25) is 15.9 Å². The Labute approximate surface area is 172 Å². The number of anilines is 1. The Morgan fingerprint density at radius 2 is 1.97 bits per heavy atom. The van der Waals surface area contributed by atoms with Crippen LogP contribution in [0.25, 0.3) is 0 Å². The minimum Gasteiger partial charge on any atom is -0.495 e. The highest BCUT2D eigenvalue weighted by Crippen LogP contribution is 2.31. The summed E-state index contributed by atoms with van der Waals surface area (Å²) in [6.45, 7) is 1.12. The van der Waals surface area contributed by atoms with Crippen molar-refractivity contribution < 1.29 is 23.1 Å². The van der Waals surface area contributed by atoms with Crippen LogP contribution < -0.4 is 10.1 Å². The molecule has 29 heavy (non-hydrogen) atoms. The molecule has 8 nitrogen and oxygen atoms in total. The van der Waals surface area contributed by atoms with Crippen molar-refractivity contribution in [3.63, 3.8) is 0 Å². The zero-order valence-corrected chi connectivity index (χ0v) is 18.0. The summed E-state index contributed by atoms with van der Waals surface area (Å²) in [6.07, 6.45) is 4.89. The average molecular weight is 426 g/mol. The van der Waals surface area contributed by atoms with Gasteiger partial charge in [-0.3, -0.25) is 9.69 Å². The minimum atomic E-state index is -3.69. The molecule has 1 amide bonds. The summed E-state index contributed by atoms with van der Waals surface area (Å²) in [7, 11) is -0.439. The van der Waals surface area contributed by atoms with Crippen LogP contribution in [-0.2, 0) is 14.8 Å². The fraction of sp³-hybridized carbons (Fsp3) is 0.650. The van der Waals surface area contributed by atoms with Crippen LogP contribution in [0.15, 0.2) is 23.1 Å². The highest BCUT2D eigenvalue weighted by molar-refractivity contribution is 7.89. The lowest BCUT2D eigenvalue weighted by atomic mass is 10.2. The van der Waals surface area contributed by atoms with Crippen molar-refractivity contribution in [3.8, 4) is 5.75 Å². The topological polar surface area (TPSA) is 99.2 Å². The molecule has 2 fully saturated rings. The lowest BCUT2D eigenvalue weighted by Gasteiger charge is -2.27. The van der Waals surface area contributed by atoms with Crippen molar-refractivity contribution in [2.45, 2.75) is 55.6 Å². The third kappa shape index (κ3) is 5.09. The monoisotopic (exact) mass is 425 g/mol. The predicted molar refractivity (Wildman–Crippen MR) is 111 cm³/mol. The number of carbonyl (C=O) groups is 1. The van der Waals surface area contributed by atoms with Gasteiger partial charge in [-0.2, -0.15) is 4.31 Å². The van der Waals surface area contributed by atoms with Gasteiger partial charge in [-0.25, -0.2) is 8.42 Å². The molecule has 1 saturated carbocycles. The van der Waals surface area contributed by atoms with Gasteiger partial charge in [0.05, 0.1) is 19.8 Å². The number of hydrogen-bond acceptors (Lipinski definition) is 6. The molecule has 1 aromatic carbocycles. The number of nitrogens with one attached hydrogen (secondary N) is 1. The first-order valence-corrected chi connectivity index (χ1v) is 11.6. The molecule has 0 unspecified atom stereocenters. The number of aliphatic hydroxyl groups excluding tert-OH is 1. The van der Waals surface area contributed by atoms with Crippen LogP contribution in [-0.4, -0.2) is 74.6 Å². The second-order valence-corrected chi connectivity index (χ2v) is 9.77. The van der Waals surface area contributed by atoms with Gasteiger partial charge in [0.15, 0.2) is 0 Å². The molecule has 3 rings (SSSR count). The summed E-state index contributed by atoms with van der Waals surface area (Å²) in [5.74, 6) is 0.0119. The van der Waals surface area contributed by atoms with E-state index in [-0.39, 0.29) is 29.1 Å². The van der Waals surface area contributed by atoms with E-state index in [1.54, 1.807) is 12.1 Å². The Balaban J connectivity index is 1.73. The van der Waals surface area contributed by atoms with Crippen molar-refractivity contribution in [3.05, 3.63) is 18.2 Å². The number of likely N-dealkylation sites (N-methyl/N-ethyl adjacent to an activating group) is 1. The number of hydrogen-bond donors (Lipinski definition) is 2. The number of methoxy groups -OCH3 is 1. The summed E-state index contributed by atoms with van der Waals surface area (Å²) < 4.78 is 32.9. The molecule has 2 aliphatic rings. The molecule has 162 valence electrons. The number of aliphatic hydroxyl groups is 1. The Hall–Kier alpha value is -1.68.